The average molecular weight is 460 g/mol. The van der Waals surface area contributed by atoms with E-state index >= 15 is 0 Å². The molecule has 1 unspecified atom stereocenters. The van der Waals surface area contributed by atoms with E-state index in [2.05, 4.69) is 20.4 Å². The average Bonchev–Trinajstić information content (AvgIpc) is 3.30. The lowest BCUT2D eigenvalue weighted by atomic mass is 10.0. The van der Waals surface area contributed by atoms with Crippen LogP contribution in [0.25, 0.3) is 10.9 Å². The Morgan fingerprint density at radius 1 is 1.18 bits per heavy atom. The van der Waals surface area contributed by atoms with Gasteiger partial charge in [0.25, 0.3) is 5.91 Å². The van der Waals surface area contributed by atoms with E-state index in [-0.39, 0.29) is 24.6 Å². The van der Waals surface area contributed by atoms with Crippen molar-refractivity contribution in [1.29, 1.82) is 0 Å². The molecule has 0 aromatic carbocycles. The van der Waals surface area contributed by atoms with Crippen molar-refractivity contribution >= 4 is 22.6 Å². The van der Waals surface area contributed by atoms with Crippen LogP contribution in [0.2, 0.25) is 0 Å². The minimum Gasteiger partial charge on any atom is -0.383 e. The summed E-state index contributed by atoms with van der Waals surface area (Å²) < 4.78 is 50.2. The summed E-state index contributed by atoms with van der Waals surface area (Å²) in [6.07, 6.45) is -3.11. The number of pyridine rings is 3. The lowest BCUT2D eigenvalue weighted by molar-refractivity contribution is -0.141. The second kappa shape index (κ2) is 7.90. The van der Waals surface area contributed by atoms with Crippen LogP contribution in [0.1, 0.15) is 44.6 Å². The number of hydrazine groups is 1. The summed E-state index contributed by atoms with van der Waals surface area (Å²) in [6.45, 7) is 0.709. The fraction of sp³-hybridized carbons (Fsp3) is 0.333. The molecule has 1 amide bonds. The summed E-state index contributed by atoms with van der Waals surface area (Å²) in [7, 11) is 1.54. The molecule has 12 heteroatoms. The number of alkyl halides is 3. The van der Waals surface area contributed by atoms with Crippen LogP contribution in [-0.4, -0.2) is 39.5 Å². The van der Waals surface area contributed by atoms with Crippen molar-refractivity contribution in [2.24, 2.45) is 0 Å². The van der Waals surface area contributed by atoms with Gasteiger partial charge in [-0.15, -0.1) is 0 Å². The number of ether oxygens (including phenoxy) is 2. The van der Waals surface area contributed by atoms with Crippen LogP contribution in [0.4, 0.5) is 19.0 Å². The maximum atomic E-state index is 13.4. The van der Waals surface area contributed by atoms with Crippen molar-refractivity contribution in [3.63, 3.8) is 0 Å². The topological polar surface area (TPSA) is 115 Å². The standard InChI is InChI=1S/C21H19F3N6O3/c1-26-30(17-9-33-8-16-10(17)2-3-18(28-16)21(22,23)24)20(31)14-4-11-12-6-32-7-13(12)19(25)29-15(11)5-27-14/h2-5,17,26H,6-9H2,1H3,(H2,25,29). The summed E-state index contributed by atoms with van der Waals surface area (Å²) >= 11 is 0. The summed E-state index contributed by atoms with van der Waals surface area (Å²) in [5.41, 5.74) is 10.7. The zero-order chi connectivity index (χ0) is 23.3. The molecule has 3 aromatic rings. The third-order valence-corrected chi connectivity index (χ3v) is 5.78. The third kappa shape index (κ3) is 3.65. The summed E-state index contributed by atoms with van der Waals surface area (Å²) in [5.74, 6) is -0.111. The highest BCUT2D eigenvalue weighted by atomic mass is 19.4. The van der Waals surface area contributed by atoms with Crippen LogP contribution < -0.4 is 11.2 Å². The molecule has 172 valence electrons. The van der Waals surface area contributed by atoms with Gasteiger partial charge < -0.3 is 15.2 Å². The van der Waals surface area contributed by atoms with Gasteiger partial charge in [0.2, 0.25) is 0 Å². The minimum absolute atomic E-state index is 0.0745. The molecular weight excluding hydrogens is 441 g/mol. The Morgan fingerprint density at radius 2 is 1.97 bits per heavy atom. The van der Waals surface area contributed by atoms with Crippen LogP contribution in [0.3, 0.4) is 0 Å². The zero-order valence-corrected chi connectivity index (χ0v) is 17.4. The molecule has 0 saturated heterocycles. The first-order valence-electron chi connectivity index (χ1n) is 10.1. The van der Waals surface area contributed by atoms with Gasteiger partial charge in [-0.25, -0.2) is 20.4 Å². The van der Waals surface area contributed by atoms with Crippen molar-refractivity contribution in [3.8, 4) is 0 Å². The number of nitrogen functional groups attached to an aromatic ring is 1. The number of halogens is 3. The van der Waals surface area contributed by atoms with Crippen molar-refractivity contribution < 1.29 is 27.4 Å². The smallest absolute Gasteiger partial charge is 0.383 e. The van der Waals surface area contributed by atoms with Crippen LogP contribution in [0.5, 0.6) is 0 Å². The molecule has 0 bridgehead atoms. The number of hydrogen-bond donors (Lipinski definition) is 2. The SMILES string of the molecule is CNN(C(=O)c1cc2c3c(c(N)nc2cn1)COC3)C1COCc2nc(C(F)(F)F)ccc21. The molecule has 9 nitrogen and oxygen atoms in total. The number of anilines is 1. The Morgan fingerprint density at radius 3 is 2.73 bits per heavy atom. The Bertz CT molecular complexity index is 1270. The lowest BCUT2D eigenvalue weighted by Gasteiger charge is -2.34. The zero-order valence-electron chi connectivity index (χ0n) is 17.4. The molecule has 1 atom stereocenters. The maximum absolute atomic E-state index is 13.4. The Labute approximate surface area is 185 Å². The van der Waals surface area contributed by atoms with E-state index in [9.17, 15) is 18.0 Å². The molecular formula is C21H19F3N6O3. The number of carbonyl (C=O) groups excluding carboxylic acids is 1. The molecule has 3 N–H and O–H groups in total. The van der Waals surface area contributed by atoms with Crippen LogP contribution in [0, 0.1) is 0 Å². The van der Waals surface area contributed by atoms with Crippen LogP contribution in [-0.2, 0) is 35.5 Å². The molecule has 0 aliphatic carbocycles. The second-order valence-corrected chi connectivity index (χ2v) is 7.69. The molecule has 0 fully saturated rings. The van der Waals surface area contributed by atoms with Crippen molar-refractivity contribution in [2.75, 3.05) is 19.4 Å². The first-order valence-corrected chi connectivity index (χ1v) is 10.1. The van der Waals surface area contributed by atoms with Crippen molar-refractivity contribution in [3.05, 3.63) is 58.2 Å². The van der Waals surface area contributed by atoms with Gasteiger partial charge in [-0.05, 0) is 17.7 Å². The number of nitrogens with one attached hydrogen (secondary N) is 1. The van der Waals surface area contributed by atoms with E-state index in [0.717, 1.165) is 17.2 Å². The highest BCUT2D eigenvalue weighted by Gasteiger charge is 2.36. The predicted octanol–water partition coefficient (Wildman–Crippen LogP) is 2.50. The van der Waals surface area contributed by atoms with Crippen molar-refractivity contribution in [1.82, 2.24) is 25.4 Å². The number of hydrogen-bond acceptors (Lipinski definition) is 8. The maximum Gasteiger partial charge on any atom is 0.433 e. The number of nitrogens with zero attached hydrogens (tertiary/aromatic N) is 4. The summed E-state index contributed by atoms with van der Waals surface area (Å²) in [5, 5.41) is 1.99. The van der Waals surface area contributed by atoms with Gasteiger partial charge in [0.05, 0.1) is 49.9 Å². The molecule has 5 heterocycles. The van der Waals surface area contributed by atoms with E-state index in [4.69, 9.17) is 15.2 Å². The number of aromatic nitrogens is 3. The van der Waals surface area contributed by atoms with Gasteiger partial charge in [-0.3, -0.25) is 9.80 Å². The van der Waals surface area contributed by atoms with Gasteiger partial charge in [0, 0.05) is 23.6 Å². The number of rotatable bonds is 3. The number of fused-ring (bicyclic) bond motifs is 4. The van der Waals surface area contributed by atoms with E-state index < -0.39 is 23.8 Å². The molecule has 2 aliphatic heterocycles. The van der Waals surface area contributed by atoms with E-state index in [0.29, 0.717) is 35.5 Å². The Balaban J connectivity index is 1.51. The number of carbonyl (C=O) groups is 1. The molecule has 5 rings (SSSR count). The summed E-state index contributed by atoms with van der Waals surface area (Å²) in [6, 6.07) is 3.17. The normalized spacial score (nSPS) is 17.6. The third-order valence-electron chi connectivity index (χ3n) is 5.78. The van der Waals surface area contributed by atoms with Crippen molar-refractivity contribution in [2.45, 2.75) is 32.0 Å². The largest absolute Gasteiger partial charge is 0.433 e. The van der Waals surface area contributed by atoms with Gasteiger partial charge in [-0.1, -0.05) is 6.07 Å². The fourth-order valence-corrected chi connectivity index (χ4v) is 4.17. The number of amides is 1. The monoisotopic (exact) mass is 460 g/mol. The van der Waals surface area contributed by atoms with E-state index in [1.807, 2.05) is 0 Å². The van der Waals surface area contributed by atoms with Gasteiger partial charge in [0.1, 0.15) is 17.2 Å². The lowest BCUT2D eigenvalue weighted by Crippen LogP contribution is -2.46. The first kappa shape index (κ1) is 21.5. The fourth-order valence-electron chi connectivity index (χ4n) is 4.17. The second-order valence-electron chi connectivity index (χ2n) is 7.69. The summed E-state index contributed by atoms with van der Waals surface area (Å²) in [4.78, 5) is 25.7. The predicted molar refractivity (Wildman–Crippen MR) is 109 cm³/mol. The minimum atomic E-state index is -4.57. The van der Waals surface area contributed by atoms with Gasteiger partial charge >= 0.3 is 6.18 Å². The Hall–Kier alpha value is -3.35. The molecule has 3 aromatic heterocycles. The number of nitrogens with two attached hydrogens (primary N) is 1. The quantitative estimate of drug-likeness (QED) is 0.573. The highest BCUT2D eigenvalue weighted by molar-refractivity contribution is 5.97. The van der Waals surface area contributed by atoms with E-state index in [1.165, 1.54) is 17.3 Å². The first-order chi connectivity index (χ1) is 15.8. The molecule has 0 spiro atoms. The highest BCUT2D eigenvalue weighted by Crippen LogP contribution is 2.34. The Kier molecular flexibility index (Phi) is 5.15. The van der Waals surface area contributed by atoms with E-state index in [1.54, 1.807) is 13.1 Å². The van der Waals surface area contributed by atoms with Gasteiger partial charge in [-0.2, -0.15) is 13.2 Å². The molecule has 33 heavy (non-hydrogen) atoms. The van der Waals surface area contributed by atoms with Crippen LogP contribution >= 0.6 is 0 Å². The molecule has 2 aliphatic rings. The van der Waals surface area contributed by atoms with Gasteiger partial charge in [0.15, 0.2) is 0 Å². The molecule has 0 saturated carbocycles. The molecule has 0 radical (unpaired) electrons. The van der Waals surface area contributed by atoms with Crippen LogP contribution in [0.15, 0.2) is 24.4 Å².